The third-order valence-corrected chi connectivity index (χ3v) is 2.55. The van der Waals surface area contributed by atoms with Gasteiger partial charge in [0.25, 0.3) is 5.91 Å². The lowest BCUT2D eigenvalue weighted by Crippen LogP contribution is -2.12. The molecule has 0 bridgehead atoms. The highest BCUT2D eigenvalue weighted by Crippen LogP contribution is 2.27. The second-order valence-corrected chi connectivity index (χ2v) is 4.20. The molecule has 0 spiro atoms. The Morgan fingerprint density at radius 3 is 2.72 bits per heavy atom. The Kier molecular flexibility index (Phi) is 3.25. The van der Waals surface area contributed by atoms with E-state index in [2.05, 4.69) is 10.3 Å². The topological polar surface area (TPSA) is 75.4 Å². The summed E-state index contributed by atoms with van der Waals surface area (Å²) >= 11 is 5.70. The number of aromatic hydroxyl groups is 1. The highest BCUT2D eigenvalue weighted by atomic mass is 35.5. The molecule has 6 heteroatoms. The Morgan fingerprint density at radius 1 is 1.44 bits per heavy atom. The number of oxazole rings is 1. The van der Waals surface area contributed by atoms with Crippen LogP contribution in [0.5, 0.6) is 5.75 Å². The Bertz CT molecular complexity index is 607. The molecule has 0 atom stereocenters. The zero-order valence-electron chi connectivity index (χ0n) is 9.82. The van der Waals surface area contributed by atoms with Crippen molar-refractivity contribution in [3.8, 4) is 5.75 Å². The van der Waals surface area contributed by atoms with E-state index in [4.69, 9.17) is 16.0 Å². The molecule has 1 amide bonds. The number of phenolic OH excluding ortho intramolecular Hbond substituents is 1. The van der Waals surface area contributed by atoms with E-state index in [1.807, 2.05) is 0 Å². The van der Waals surface area contributed by atoms with E-state index in [1.54, 1.807) is 19.9 Å². The number of hydrogen-bond donors (Lipinski definition) is 2. The van der Waals surface area contributed by atoms with Gasteiger partial charge in [0.05, 0.1) is 11.4 Å². The minimum Gasteiger partial charge on any atom is -0.506 e. The number of hydrogen-bond acceptors (Lipinski definition) is 4. The zero-order valence-corrected chi connectivity index (χ0v) is 10.6. The van der Waals surface area contributed by atoms with Crippen molar-refractivity contribution in [1.82, 2.24) is 4.98 Å². The molecule has 2 aromatic rings. The second kappa shape index (κ2) is 4.70. The molecule has 1 heterocycles. The summed E-state index contributed by atoms with van der Waals surface area (Å²) in [6.45, 7) is 3.33. The number of rotatable bonds is 2. The van der Waals surface area contributed by atoms with Gasteiger partial charge in [-0.25, -0.2) is 4.98 Å². The standard InChI is InChI=1S/C12H11ClN2O3/c1-6-11(18-7(2)14-6)12(17)15-9-4-3-8(13)5-10(9)16/h3-5,16H,1-2H3,(H,15,17). The summed E-state index contributed by atoms with van der Waals surface area (Å²) in [5.41, 5.74) is 0.760. The predicted octanol–water partition coefficient (Wildman–Crippen LogP) is 2.90. The number of aromatic nitrogens is 1. The molecule has 0 saturated carbocycles. The van der Waals surface area contributed by atoms with Crippen LogP contribution in [0.3, 0.4) is 0 Å². The molecular weight excluding hydrogens is 256 g/mol. The van der Waals surface area contributed by atoms with Gasteiger partial charge in [-0.2, -0.15) is 0 Å². The summed E-state index contributed by atoms with van der Waals surface area (Å²) < 4.78 is 5.18. The van der Waals surface area contributed by atoms with Gasteiger partial charge in [-0.1, -0.05) is 11.6 Å². The minimum atomic E-state index is -0.467. The average Bonchev–Trinajstić information content (AvgIpc) is 2.62. The lowest BCUT2D eigenvalue weighted by atomic mass is 10.2. The number of nitrogens with zero attached hydrogens (tertiary/aromatic N) is 1. The van der Waals surface area contributed by atoms with Crippen molar-refractivity contribution in [1.29, 1.82) is 0 Å². The maximum Gasteiger partial charge on any atom is 0.293 e. The first-order valence-corrected chi connectivity index (χ1v) is 5.59. The molecule has 94 valence electrons. The number of halogens is 1. The minimum absolute atomic E-state index is 0.107. The van der Waals surface area contributed by atoms with Gasteiger partial charge in [0.1, 0.15) is 5.75 Å². The third kappa shape index (κ3) is 2.46. The molecule has 18 heavy (non-hydrogen) atoms. The Morgan fingerprint density at radius 2 is 2.17 bits per heavy atom. The summed E-state index contributed by atoms with van der Waals surface area (Å²) in [7, 11) is 0. The summed E-state index contributed by atoms with van der Waals surface area (Å²) in [5, 5.41) is 12.5. The maximum atomic E-state index is 11.9. The van der Waals surface area contributed by atoms with Gasteiger partial charge in [0.2, 0.25) is 5.76 Å². The van der Waals surface area contributed by atoms with Crippen molar-refractivity contribution in [2.75, 3.05) is 5.32 Å². The summed E-state index contributed by atoms with van der Waals surface area (Å²) in [6.07, 6.45) is 0. The van der Waals surface area contributed by atoms with E-state index in [-0.39, 0.29) is 17.2 Å². The molecule has 0 aliphatic carbocycles. The van der Waals surface area contributed by atoms with Crippen molar-refractivity contribution >= 4 is 23.2 Å². The van der Waals surface area contributed by atoms with Crippen LogP contribution >= 0.6 is 11.6 Å². The Balaban J connectivity index is 2.24. The van der Waals surface area contributed by atoms with Gasteiger partial charge >= 0.3 is 0 Å². The van der Waals surface area contributed by atoms with E-state index >= 15 is 0 Å². The van der Waals surface area contributed by atoms with Gasteiger partial charge < -0.3 is 14.8 Å². The SMILES string of the molecule is Cc1nc(C)c(C(=O)Nc2ccc(Cl)cc2O)o1. The largest absolute Gasteiger partial charge is 0.506 e. The first-order valence-electron chi connectivity index (χ1n) is 5.21. The first-order chi connectivity index (χ1) is 8.47. The van der Waals surface area contributed by atoms with Crippen molar-refractivity contribution in [2.24, 2.45) is 0 Å². The summed E-state index contributed by atoms with van der Waals surface area (Å²) in [6, 6.07) is 4.42. The number of phenols is 1. The number of benzene rings is 1. The molecule has 5 nitrogen and oxygen atoms in total. The number of aryl methyl sites for hydroxylation is 2. The van der Waals surface area contributed by atoms with Gasteiger partial charge in [0.15, 0.2) is 5.89 Å². The van der Waals surface area contributed by atoms with Crippen molar-refractivity contribution in [2.45, 2.75) is 13.8 Å². The van der Waals surface area contributed by atoms with E-state index < -0.39 is 5.91 Å². The molecular formula is C12H11ClN2O3. The van der Waals surface area contributed by atoms with E-state index in [9.17, 15) is 9.90 Å². The quantitative estimate of drug-likeness (QED) is 0.820. The van der Waals surface area contributed by atoms with Crippen molar-refractivity contribution in [3.63, 3.8) is 0 Å². The van der Waals surface area contributed by atoms with Crippen LogP contribution in [0.1, 0.15) is 22.1 Å². The van der Waals surface area contributed by atoms with Gasteiger partial charge in [-0.05, 0) is 19.1 Å². The molecule has 1 aromatic carbocycles. The number of amides is 1. The molecule has 1 aromatic heterocycles. The smallest absolute Gasteiger partial charge is 0.293 e. The molecule has 0 aliphatic heterocycles. The van der Waals surface area contributed by atoms with Gasteiger partial charge in [0, 0.05) is 18.0 Å². The number of carbonyl (C=O) groups is 1. The van der Waals surface area contributed by atoms with Crippen LogP contribution in [-0.4, -0.2) is 16.0 Å². The number of nitrogens with one attached hydrogen (secondary N) is 1. The molecule has 0 radical (unpaired) electrons. The zero-order chi connectivity index (χ0) is 13.3. The van der Waals surface area contributed by atoms with E-state index in [0.717, 1.165) is 0 Å². The highest BCUT2D eigenvalue weighted by molar-refractivity contribution is 6.30. The van der Waals surface area contributed by atoms with E-state index in [1.165, 1.54) is 12.1 Å². The molecule has 0 saturated heterocycles. The maximum absolute atomic E-state index is 11.9. The van der Waals surface area contributed by atoms with Crippen molar-refractivity contribution < 1.29 is 14.3 Å². The van der Waals surface area contributed by atoms with Crippen molar-refractivity contribution in [3.05, 3.63) is 40.6 Å². The summed E-state index contributed by atoms with van der Waals surface area (Å²) in [5.74, 6) is -0.0321. The van der Waals surface area contributed by atoms with Crippen LogP contribution in [0.2, 0.25) is 5.02 Å². The second-order valence-electron chi connectivity index (χ2n) is 3.76. The first kappa shape index (κ1) is 12.4. The molecule has 2 N–H and O–H groups in total. The van der Waals surface area contributed by atoms with Gasteiger partial charge in [-0.15, -0.1) is 0 Å². The molecule has 0 fully saturated rings. The van der Waals surface area contributed by atoms with E-state index in [0.29, 0.717) is 16.6 Å². The molecule has 0 aliphatic rings. The van der Waals surface area contributed by atoms with Gasteiger partial charge in [-0.3, -0.25) is 4.79 Å². The molecule has 0 unspecified atom stereocenters. The lowest BCUT2D eigenvalue weighted by molar-refractivity contribution is 0.0994. The van der Waals surface area contributed by atoms with Crippen LogP contribution in [0.15, 0.2) is 22.6 Å². The average molecular weight is 267 g/mol. The third-order valence-electron chi connectivity index (χ3n) is 2.32. The Hall–Kier alpha value is -2.01. The molecule has 2 rings (SSSR count). The fourth-order valence-electron chi connectivity index (χ4n) is 1.53. The van der Waals surface area contributed by atoms with Crippen LogP contribution < -0.4 is 5.32 Å². The van der Waals surface area contributed by atoms with Crippen LogP contribution in [0.25, 0.3) is 0 Å². The fraction of sp³-hybridized carbons (Fsp3) is 0.167. The summed E-state index contributed by atoms with van der Waals surface area (Å²) in [4.78, 5) is 15.9. The normalized spacial score (nSPS) is 10.4. The highest BCUT2D eigenvalue weighted by Gasteiger charge is 2.17. The van der Waals surface area contributed by atoms with Crippen LogP contribution in [-0.2, 0) is 0 Å². The monoisotopic (exact) mass is 266 g/mol. The fourth-order valence-corrected chi connectivity index (χ4v) is 1.70. The predicted molar refractivity (Wildman–Crippen MR) is 67.0 cm³/mol. The van der Waals surface area contributed by atoms with Crippen LogP contribution in [0, 0.1) is 13.8 Å². The van der Waals surface area contributed by atoms with Crippen LogP contribution in [0.4, 0.5) is 5.69 Å². The Labute approximate surface area is 108 Å². The number of carbonyl (C=O) groups excluding carboxylic acids is 1. The lowest BCUT2D eigenvalue weighted by Gasteiger charge is -2.06. The number of anilines is 1.